The molecular formula is C14H11N3O. The van der Waals surface area contributed by atoms with Crippen molar-refractivity contribution in [1.29, 1.82) is 5.26 Å². The van der Waals surface area contributed by atoms with Gasteiger partial charge in [0.2, 0.25) is 0 Å². The molecule has 2 N–H and O–H groups in total. The molecule has 0 aliphatic heterocycles. The monoisotopic (exact) mass is 237 g/mol. The molecule has 4 heteroatoms. The molecule has 0 saturated heterocycles. The molecule has 2 aromatic rings. The summed E-state index contributed by atoms with van der Waals surface area (Å²) in [5.41, 5.74) is 7.69. The molecule has 0 bridgehead atoms. The van der Waals surface area contributed by atoms with Gasteiger partial charge in [0.1, 0.15) is 17.5 Å². The Bertz CT molecular complexity index is 642. The van der Waals surface area contributed by atoms with Crippen LogP contribution in [-0.2, 0) is 0 Å². The van der Waals surface area contributed by atoms with Gasteiger partial charge in [-0.25, -0.2) is 4.98 Å². The number of Topliss-reactive ketones (excluding diaryl/α,β-unsaturated/α-hetero) is 1. The highest BCUT2D eigenvalue weighted by atomic mass is 16.1. The smallest absolute Gasteiger partial charge is 0.162 e. The van der Waals surface area contributed by atoms with Crippen LogP contribution in [0.5, 0.6) is 0 Å². The van der Waals surface area contributed by atoms with E-state index in [0.29, 0.717) is 11.1 Å². The summed E-state index contributed by atoms with van der Waals surface area (Å²) in [4.78, 5) is 15.5. The Hall–Kier alpha value is -2.67. The highest BCUT2D eigenvalue weighted by molar-refractivity contribution is 6.02. The average Bonchev–Trinajstić information content (AvgIpc) is 2.39. The van der Waals surface area contributed by atoms with Gasteiger partial charge in [-0.3, -0.25) is 4.79 Å². The van der Waals surface area contributed by atoms with E-state index in [4.69, 9.17) is 5.73 Å². The number of pyridine rings is 1. The van der Waals surface area contributed by atoms with Crippen molar-refractivity contribution in [3.05, 3.63) is 47.7 Å². The highest BCUT2D eigenvalue weighted by Crippen LogP contribution is 2.29. The molecule has 0 radical (unpaired) electrons. The summed E-state index contributed by atoms with van der Waals surface area (Å²) < 4.78 is 0. The minimum atomic E-state index is -0.141. The summed E-state index contributed by atoms with van der Waals surface area (Å²) in [7, 11) is 0. The Morgan fingerprint density at radius 2 is 2.00 bits per heavy atom. The number of aromatic nitrogens is 1. The quantitative estimate of drug-likeness (QED) is 0.813. The minimum absolute atomic E-state index is 0.140. The average molecular weight is 237 g/mol. The summed E-state index contributed by atoms with van der Waals surface area (Å²) in [6, 6.07) is 11.2. The lowest BCUT2D eigenvalue weighted by atomic mass is 9.95. The van der Waals surface area contributed by atoms with E-state index in [1.165, 1.54) is 13.1 Å². The van der Waals surface area contributed by atoms with Crippen LogP contribution >= 0.6 is 0 Å². The van der Waals surface area contributed by atoms with Gasteiger partial charge in [0.15, 0.2) is 5.78 Å². The number of nitriles is 1. The van der Waals surface area contributed by atoms with E-state index in [2.05, 4.69) is 4.98 Å². The molecule has 0 spiro atoms. The van der Waals surface area contributed by atoms with Crippen LogP contribution in [0.15, 0.2) is 36.5 Å². The van der Waals surface area contributed by atoms with Crippen LogP contribution in [0, 0.1) is 11.3 Å². The van der Waals surface area contributed by atoms with E-state index in [1.807, 2.05) is 36.4 Å². The molecule has 1 aromatic heterocycles. The van der Waals surface area contributed by atoms with Crippen molar-refractivity contribution in [2.45, 2.75) is 6.92 Å². The van der Waals surface area contributed by atoms with Gasteiger partial charge in [0.25, 0.3) is 0 Å². The maximum atomic E-state index is 11.6. The number of carbonyl (C=O) groups is 1. The lowest BCUT2D eigenvalue weighted by molar-refractivity contribution is 0.101. The van der Waals surface area contributed by atoms with Crippen molar-refractivity contribution < 1.29 is 4.79 Å². The zero-order valence-corrected chi connectivity index (χ0v) is 9.84. The number of nitrogen functional groups attached to an aromatic ring is 1. The molecule has 2 rings (SSSR count). The topological polar surface area (TPSA) is 79.8 Å². The summed E-state index contributed by atoms with van der Waals surface area (Å²) in [5.74, 6) is -0.000735. The lowest BCUT2D eigenvalue weighted by Gasteiger charge is -2.10. The van der Waals surface area contributed by atoms with E-state index in [0.717, 1.165) is 5.56 Å². The molecule has 1 aromatic carbocycles. The second-order valence-electron chi connectivity index (χ2n) is 3.84. The number of nitrogens with zero attached hydrogens (tertiary/aromatic N) is 2. The molecule has 0 amide bonds. The number of carbonyl (C=O) groups excluding carboxylic acids is 1. The SMILES string of the molecule is CC(=O)c1cnc(N)c(C#N)c1-c1ccccc1. The molecule has 0 atom stereocenters. The van der Waals surface area contributed by atoms with E-state index < -0.39 is 0 Å². The fourth-order valence-corrected chi connectivity index (χ4v) is 1.81. The molecule has 0 unspecified atom stereocenters. The zero-order valence-electron chi connectivity index (χ0n) is 9.84. The van der Waals surface area contributed by atoms with E-state index in [1.54, 1.807) is 0 Å². The van der Waals surface area contributed by atoms with Gasteiger partial charge in [0.05, 0.1) is 0 Å². The fraction of sp³-hybridized carbons (Fsp3) is 0.0714. The zero-order chi connectivity index (χ0) is 13.1. The van der Waals surface area contributed by atoms with Crippen LogP contribution in [0.4, 0.5) is 5.82 Å². The summed E-state index contributed by atoms with van der Waals surface area (Å²) >= 11 is 0. The van der Waals surface area contributed by atoms with E-state index >= 15 is 0 Å². The third kappa shape index (κ3) is 1.94. The third-order valence-corrected chi connectivity index (χ3v) is 2.66. The Kier molecular flexibility index (Phi) is 3.07. The first-order valence-electron chi connectivity index (χ1n) is 5.40. The number of nitrogens with two attached hydrogens (primary N) is 1. The largest absolute Gasteiger partial charge is 0.383 e. The molecule has 1 heterocycles. The Balaban J connectivity index is 2.82. The van der Waals surface area contributed by atoms with Crippen molar-refractivity contribution in [2.24, 2.45) is 0 Å². The highest BCUT2D eigenvalue weighted by Gasteiger charge is 2.17. The van der Waals surface area contributed by atoms with E-state index in [-0.39, 0.29) is 17.2 Å². The minimum Gasteiger partial charge on any atom is -0.383 e. The van der Waals surface area contributed by atoms with Gasteiger partial charge in [-0.05, 0) is 12.5 Å². The van der Waals surface area contributed by atoms with Crippen LogP contribution in [0.25, 0.3) is 11.1 Å². The van der Waals surface area contributed by atoms with Crippen molar-refractivity contribution in [3.8, 4) is 17.2 Å². The first-order chi connectivity index (χ1) is 8.65. The first-order valence-corrected chi connectivity index (χ1v) is 5.40. The Morgan fingerprint density at radius 3 is 2.56 bits per heavy atom. The van der Waals surface area contributed by atoms with Gasteiger partial charge < -0.3 is 5.73 Å². The second-order valence-corrected chi connectivity index (χ2v) is 3.84. The first kappa shape index (κ1) is 11.8. The van der Waals surface area contributed by atoms with Crippen LogP contribution < -0.4 is 5.73 Å². The van der Waals surface area contributed by atoms with Gasteiger partial charge in [0, 0.05) is 17.3 Å². The van der Waals surface area contributed by atoms with Crippen molar-refractivity contribution in [3.63, 3.8) is 0 Å². The normalized spacial score (nSPS) is 9.78. The van der Waals surface area contributed by atoms with Gasteiger partial charge in [-0.15, -0.1) is 0 Å². The molecule has 18 heavy (non-hydrogen) atoms. The van der Waals surface area contributed by atoms with Gasteiger partial charge in [-0.1, -0.05) is 30.3 Å². The number of hydrogen-bond acceptors (Lipinski definition) is 4. The molecule has 0 saturated carbocycles. The number of hydrogen-bond donors (Lipinski definition) is 1. The van der Waals surface area contributed by atoms with Crippen molar-refractivity contribution in [1.82, 2.24) is 4.98 Å². The summed E-state index contributed by atoms with van der Waals surface area (Å²) in [6.45, 7) is 1.45. The van der Waals surface area contributed by atoms with Crippen LogP contribution in [0.2, 0.25) is 0 Å². The lowest BCUT2D eigenvalue weighted by Crippen LogP contribution is -2.04. The van der Waals surface area contributed by atoms with Gasteiger partial charge >= 0.3 is 0 Å². The number of benzene rings is 1. The maximum Gasteiger partial charge on any atom is 0.162 e. The Morgan fingerprint density at radius 1 is 1.33 bits per heavy atom. The van der Waals surface area contributed by atoms with Gasteiger partial charge in [-0.2, -0.15) is 5.26 Å². The predicted molar refractivity (Wildman–Crippen MR) is 68.8 cm³/mol. The maximum absolute atomic E-state index is 11.6. The molecule has 0 aliphatic rings. The van der Waals surface area contributed by atoms with Crippen LogP contribution in [0.3, 0.4) is 0 Å². The van der Waals surface area contributed by atoms with Crippen molar-refractivity contribution in [2.75, 3.05) is 5.73 Å². The van der Waals surface area contributed by atoms with Crippen LogP contribution in [-0.4, -0.2) is 10.8 Å². The fourth-order valence-electron chi connectivity index (χ4n) is 1.81. The molecule has 88 valence electrons. The van der Waals surface area contributed by atoms with Crippen LogP contribution in [0.1, 0.15) is 22.8 Å². The number of anilines is 1. The van der Waals surface area contributed by atoms with E-state index in [9.17, 15) is 10.1 Å². The Labute approximate surface area is 105 Å². The third-order valence-electron chi connectivity index (χ3n) is 2.66. The second kappa shape index (κ2) is 4.68. The number of ketones is 1. The van der Waals surface area contributed by atoms with Crippen molar-refractivity contribution >= 4 is 11.6 Å². The predicted octanol–water partition coefficient (Wildman–Crippen LogP) is 2.41. The molecule has 0 fully saturated rings. The summed E-state index contributed by atoms with van der Waals surface area (Å²) in [6.07, 6.45) is 1.42. The molecular weight excluding hydrogens is 226 g/mol. The molecule has 4 nitrogen and oxygen atoms in total. The number of rotatable bonds is 2. The summed E-state index contributed by atoms with van der Waals surface area (Å²) in [5, 5.41) is 9.19. The molecule has 0 aliphatic carbocycles. The standard InChI is InChI=1S/C14H11N3O/c1-9(18)12-8-17-14(16)11(7-15)13(12)10-5-3-2-4-6-10/h2-6,8H,1H3,(H2,16,17).